The lowest BCUT2D eigenvalue weighted by atomic mass is 9.89. The van der Waals surface area contributed by atoms with Crippen LogP contribution in [-0.2, 0) is 16.6 Å². The quantitative estimate of drug-likeness (QED) is 0.905. The predicted molar refractivity (Wildman–Crippen MR) is 97.1 cm³/mol. The minimum Gasteiger partial charge on any atom is -0.202 e. The van der Waals surface area contributed by atoms with E-state index in [1.54, 1.807) is 4.31 Å². The second-order valence-electron chi connectivity index (χ2n) is 6.28. The van der Waals surface area contributed by atoms with Crippen molar-refractivity contribution in [3.8, 4) is 0 Å². The van der Waals surface area contributed by atoms with Crippen LogP contribution in [0.4, 0.5) is 0 Å². The van der Waals surface area contributed by atoms with Crippen LogP contribution in [0.15, 0.2) is 48.5 Å². The van der Waals surface area contributed by atoms with E-state index in [-0.39, 0.29) is 6.04 Å². The molecule has 1 atom stereocenters. The summed E-state index contributed by atoms with van der Waals surface area (Å²) in [6.45, 7) is 4.99. The number of hydrogen-bond donors (Lipinski definition) is 1. The van der Waals surface area contributed by atoms with Crippen molar-refractivity contribution in [3.63, 3.8) is 0 Å². The molecule has 0 spiro atoms. The van der Waals surface area contributed by atoms with Crippen molar-refractivity contribution in [2.75, 3.05) is 13.1 Å². The molecule has 1 heterocycles. The first kappa shape index (κ1) is 17.1. The smallest absolute Gasteiger partial charge is 0.202 e. The fourth-order valence-electron chi connectivity index (χ4n) is 3.29. The lowest BCUT2D eigenvalue weighted by Crippen LogP contribution is -2.46. The summed E-state index contributed by atoms with van der Waals surface area (Å²) in [6.07, 6.45) is 1.52. The molecule has 2 aromatic rings. The van der Waals surface area contributed by atoms with Crippen LogP contribution in [0.2, 0.25) is 0 Å². The van der Waals surface area contributed by atoms with E-state index in [1.807, 2.05) is 37.3 Å². The molecule has 2 aromatic carbocycles. The van der Waals surface area contributed by atoms with Crippen LogP contribution in [0.3, 0.4) is 0 Å². The zero-order valence-electron chi connectivity index (χ0n) is 14.2. The first-order chi connectivity index (χ1) is 11.5. The van der Waals surface area contributed by atoms with E-state index in [9.17, 15) is 8.42 Å². The molecule has 3 rings (SSSR count). The summed E-state index contributed by atoms with van der Waals surface area (Å²) in [4.78, 5) is 0. The van der Waals surface area contributed by atoms with Crippen LogP contribution < -0.4 is 4.72 Å². The van der Waals surface area contributed by atoms with E-state index in [4.69, 9.17) is 0 Å². The summed E-state index contributed by atoms with van der Waals surface area (Å²) in [5.74, 6) is 0. The normalized spacial score (nSPS) is 18.3. The number of benzene rings is 2. The molecule has 0 saturated heterocycles. The van der Waals surface area contributed by atoms with Gasteiger partial charge in [-0.25, -0.2) is 4.72 Å². The third kappa shape index (κ3) is 3.38. The molecule has 5 heteroatoms. The Morgan fingerprint density at radius 1 is 1.17 bits per heavy atom. The van der Waals surface area contributed by atoms with E-state index in [2.05, 4.69) is 29.8 Å². The van der Waals surface area contributed by atoms with E-state index < -0.39 is 10.2 Å². The Morgan fingerprint density at radius 3 is 2.62 bits per heavy atom. The number of fused-ring (bicyclic) bond motifs is 1. The van der Waals surface area contributed by atoms with Gasteiger partial charge in [0.25, 0.3) is 10.2 Å². The van der Waals surface area contributed by atoms with Crippen LogP contribution in [0.5, 0.6) is 0 Å². The van der Waals surface area contributed by atoms with Crippen LogP contribution in [0.1, 0.15) is 41.6 Å². The molecular weight excluding hydrogens is 320 g/mol. The third-order valence-electron chi connectivity index (χ3n) is 4.44. The summed E-state index contributed by atoms with van der Waals surface area (Å²) in [7, 11) is -3.51. The molecule has 0 fully saturated rings. The summed E-state index contributed by atoms with van der Waals surface area (Å²) >= 11 is 0. The molecule has 1 unspecified atom stereocenters. The van der Waals surface area contributed by atoms with Gasteiger partial charge < -0.3 is 0 Å². The molecule has 1 aliphatic heterocycles. The van der Waals surface area contributed by atoms with Crippen LogP contribution in [0, 0.1) is 6.92 Å². The Balaban J connectivity index is 2.08. The Bertz CT molecular complexity index is 803. The average Bonchev–Trinajstić information content (AvgIpc) is 2.59. The van der Waals surface area contributed by atoms with Crippen molar-refractivity contribution >= 4 is 10.2 Å². The minimum absolute atomic E-state index is 0.273. The van der Waals surface area contributed by atoms with Crippen molar-refractivity contribution in [2.45, 2.75) is 32.7 Å². The highest BCUT2D eigenvalue weighted by atomic mass is 32.2. The van der Waals surface area contributed by atoms with Gasteiger partial charge >= 0.3 is 0 Å². The van der Waals surface area contributed by atoms with Crippen molar-refractivity contribution in [1.82, 2.24) is 9.03 Å². The molecule has 4 nitrogen and oxygen atoms in total. The van der Waals surface area contributed by atoms with E-state index in [0.717, 1.165) is 24.0 Å². The fourth-order valence-corrected chi connectivity index (χ4v) is 4.76. The van der Waals surface area contributed by atoms with Crippen molar-refractivity contribution in [1.29, 1.82) is 0 Å². The van der Waals surface area contributed by atoms with Crippen molar-refractivity contribution in [3.05, 3.63) is 70.8 Å². The van der Waals surface area contributed by atoms with Gasteiger partial charge in [-0.2, -0.15) is 12.7 Å². The van der Waals surface area contributed by atoms with E-state index in [0.29, 0.717) is 13.1 Å². The van der Waals surface area contributed by atoms with Crippen LogP contribution in [-0.4, -0.2) is 25.8 Å². The Morgan fingerprint density at radius 2 is 1.92 bits per heavy atom. The summed E-state index contributed by atoms with van der Waals surface area (Å²) in [5, 5.41) is 0. The molecule has 1 aliphatic rings. The maximum absolute atomic E-state index is 12.8. The van der Waals surface area contributed by atoms with Gasteiger partial charge in [0.1, 0.15) is 0 Å². The van der Waals surface area contributed by atoms with Crippen molar-refractivity contribution < 1.29 is 8.42 Å². The number of aryl methyl sites for hydroxylation is 1. The molecule has 0 aromatic heterocycles. The third-order valence-corrected chi connectivity index (χ3v) is 6.02. The molecule has 0 radical (unpaired) electrons. The number of rotatable bonds is 5. The highest BCUT2D eigenvalue weighted by Crippen LogP contribution is 2.36. The van der Waals surface area contributed by atoms with Gasteiger partial charge in [-0.05, 0) is 36.5 Å². The summed E-state index contributed by atoms with van der Waals surface area (Å²) < 4.78 is 30.0. The van der Waals surface area contributed by atoms with Crippen molar-refractivity contribution in [2.24, 2.45) is 0 Å². The lowest BCUT2D eigenvalue weighted by molar-refractivity contribution is 0.338. The number of hydrogen-bond acceptors (Lipinski definition) is 2. The maximum Gasteiger partial charge on any atom is 0.280 e. The van der Waals surface area contributed by atoms with Gasteiger partial charge in [0.2, 0.25) is 0 Å². The number of nitrogens with zero attached hydrogens (tertiary/aromatic N) is 1. The maximum atomic E-state index is 12.8. The monoisotopic (exact) mass is 344 g/mol. The topological polar surface area (TPSA) is 49.4 Å². The molecule has 0 saturated carbocycles. The van der Waals surface area contributed by atoms with Gasteiger partial charge in [0, 0.05) is 13.1 Å². The van der Waals surface area contributed by atoms with Gasteiger partial charge in [-0.3, -0.25) is 0 Å². The first-order valence-corrected chi connectivity index (χ1v) is 9.87. The zero-order valence-corrected chi connectivity index (χ0v) is 15.0. The summed E-state index contributed by atoms with van der Waals surface area (Å²) in [5.41, 5.74) is 4.54. The molecular formula is C19H24N2O2S. The highest BCUT2D eigenvalue weighted by molar-refractivity contribution is 7.87. The van der Waals surface area contributed by atoms with Gasteiger partial charge in [0.05, 0.1) is 6.04 Å². The molecule has 0 aliphatic carbocycles. The van der Waals surface area contributed by atoms with E-state index in [1.165, 1.54) is 11.1 Å². The molecule has 128 valence electrons. The average molecular weight is 344 g/mol. The highest BCUT2D eigenvalue weighted by Gasteiger charge is 2.36. The second kappa shape index (κ2) is 7.05. The Kier molecular flexibility index (Phi) is 5.04. The largest absolute Gasteiger partial charge is 0.280 e. The van der Waals surface area contributed by atoms with Crippen LogP contribution >= 0.6 is 0 Å². The lowest BCUT2D eigenvalue weighted by Gasteiger charge is -2.36. The predicted octanol–water partition coefficient (Wildman–Crippen LogP) is 3.19. The number of nitrogens with one attached hydrogen (secondary N) is 1. The van der Waals surface area contributed by atoms with Gasteiger partial charge in [0.15, 0.2) is 0 Å². The minimum atomic E-state index is -3.51. The van der Waals surface area contributed by atoms with E-state index >= 15 is 0 Å². The fraction of sp³-hybridized carbons (Fsp3) is 0.368. The standard InChI is InChI=1S/C19H24N2O2S/c1-3-12-20-24(22,23)21-13-11-17-14-15(2)9-10-18(17)19(21)16-7-5-4-6-8-16/h4-10,14,19-20H,3,11-13H2,1-2H3. The molecule has 1 N–H and O–H groups in total. The molecule has 24 heavy (non-hydrogen) atoms. The Labute approximate surface area is 144 Å². The SMILES string of the molecule is CCCNS(=O)(=O)N1CCc2cc(C)ccc2C1c1ccccc1. The Hall–Kier alpha value is -1.69. The summed E-state index contributed by atoms with van der Waals surface area (Å²) in [6, 6.07) is 15.9. The first-order valence-electron chi connectivity index (χ1n) is 8.43. The molecule has 0 bridgehead atoms. The molecule has 0 amide bonds. The van der Waals surface area contributed by atoms with Crippen LogP contribution in [0.25, 0.3) is 0 Å². The second-order valence-corrected chi connectivity index (χ2v) is 7.98. The zero-order chi connectivity index (χ0) is 17.2. The van der Waals surface area contributed by atoms with Gasteiger partial charge in [-0.1, -0.05) is 61.0 Å². The van der Waals surface area contributed by atoms with Gasteiger partial charge in [-0.15, -0.1) is 0 Å².